The Hall–Kier alpha value is -1.26. The van der Waals surface area contributed by atoms with Gasteiger partial charge in [0.2, 0.25) is 0 Å². The van der Waals surface area contributed by atoms with Crippen LogP contribution < -0.4 is 4.90 Å². The third kappa shape index (κ3) is 2.74. The fraction of sp³-hybridized carbons (Fsp3) is 0.562. The van der Waals surface area contributed by atoms with E-state index in [1.54, 1.807) is 30.0 Å². The summed E-state index contributed by atoms with van der Waals surface area (Å²) in [7, 11) is 0. The van der Waals surface area contributed by atoms with Crippen LogP contribution in [-0.2, 0) is 0 Å². The topological polar surface area (TPSA) is 43.8 Å². The number of amides is 2. The van der Waals surface area contributed by atoms with Crippen LogP contribution in [0.3, 0.4) is 0 Å². The molecule has 1 saturated heterocycles. The summed E-state index contributed by atoms with van der Waals surface area (Å²) in [6.07, 6.45) is 0.440. The number of para-hydroxylation sites is 1. The molecule has 1 heterocycles. The summed E-state index contributed by atoms with van der Waals surface area (Å²) >= 11 is 6.23. The van der Waals surface area contributed by atoms with E-state index in [0.717, 1.165) is 0 Å². The van der Waals surface area contributed by atoms with E-state index in [1.165, 1.54) is 4.90 Å². The molecule has 0 spiro atoms. The predicted octanol–water partition coefficient (Wildman–Crippen LogP) is 3.87. The minimum Gasteiger partial charge on any atom is -0.371 e. The van der Waals surface area contributed by atoms with Crippen LogP contribution in [-0.4, -0.2) is 33.3 Å². The highest BCUT2D eigenvalue weighted by molar-refractivity contribution is 6.33. The lowest BCUT2D eigenvalue weighted by molar-refractivity contribution is -0.0334. The zero-order valence-corrected chi connectivity index (χ0v) is 14.0. The Morgan fingerprint density at radius 1 is 1.24 bits per heavy atom. The van der Waals surface area contributed by atoms with Gasteiger partial charge < -0.3 is 10.0 Å². The number of urea groups is 1. The van der Waals surface area contributed by atoms with E-state index in [-0.39, 0.29) is 12.1 Å². The number of hydrogen-bond donors (Lipinski definition) is 1. The molecule has 116 valence electrons. The Morgan fingerprint density at radius 3 is 2.33 bits per heavy atom. The van der Waals surface area contributed by atoms with Crippen LogP contribution in [0.1, 0.15) is 41.0 Å². The average molecular weight is 311 g/mol. The number of halogens is 1. The van der Waals surface area contributed by atoms with Gasteiger partial charge in [-0.2, -0.15) is 0 Å². The van der Waals surface area contributed by atoms with Crippen LogP contribution in [0.2, 0.25) is 5.02 Å². The molecule has 0 saturated carbocycles. The zero-order chi connectivity index (χ0) is 16.0. The van der Waals surface area contributed by atoms with Gasteiger partial charge in [-0.05, 0) is 46.8 Å². The lowest BCUT2D eigenvalue weighted by Crippen LogP contribution is -2.69. The van der Waals surface area contributed by atoms with Crippen molar-refractivity contribution >= 4 is 23.3 Å². The second-order valence-corrected chi connectivity index (χ2v) is 7.15. The number of rotatable bonds is 2. The molecule has 1 aliphatic heterocycles. The van der Waals surface area contributed by atoms with E-state index in [0.29, 0.717) is 17.1 Å². The van der Waals surface area contributed by atoms with Crippen molar-refractivity contribution in [3.8, 4) is 0 Å². The molecule has 0 aromatic heterocycles. The van der Waals surface area contributed by atoms with Crippen molar-refractivity contribution in [2.75, 3.05) is 4.90 Å². The molecule has 0 radical (unpaired) electrons. The highest BCUT2D eigenvalue weighted by Crippen LogP contribution is 2.41. The first kappa shape index (κ1) is 16.1. The Morgan fingerprint density at radius 2 is 1.81 bits per heavy atom. The number of benzene rings is 1. The first-order chi connectivity index (χ1) is 9.58. The highest BCUT2D eigenvalue weighted by Gasteiger charge is 2.51. The molecule has 1 fully saturated rings. The molecule has 0 bridgehead atoms. The molecular formula is C16H23ClN2O2. The summed E-state index contributed by atoms with van der Waals surface area (Å²) in [6, 6.07) is 6.90. The molecule has 1 aromatic rings. The van der Waals surface area contributed by atoms with Gasteiger partial charge >= 0.3 is 6.03 Å². The number of carbonyl (C=O) groups excluding carboxylic acids is 1. The normalized spacial score (nSPS) is 25.6. The van der Waals surface area contributed by atoms with Gasteiger partial charge in [0.05, 0.1) is 10.7 Å². The molecule has 1 atom stereocenters. The third-order valence-corrected chi connectivity index (χ3v) is 4.23. The lowest BCUT2D eigenvalue weighted by atomic mass is 9.86. The van der Waals surface area contributed by atoms with Crippen LogP contribution >= 0.6 is 11.6 Å². The van der Waals surface area contributed by atoms with E-state index in [4.69, 9.17) is 11.6 Å². The standard InChI is InChI=1S/C16H23ClN2O2/c1-11(2)18-14(20)19(13-9-7-6-8-12(13)17)16(5,21)10-15(18,3)4/h6-9,11,21H,10H2,1-5H3/t16-/m1/s1. The number of carbonyl (C=O) groups is 1. The maximum Gasteiger partial charge on any atom is 0.327 e. The van der Waals surface area contributed by atoms with Gasteiger partial charge in [-0.25, -0.2) is 4.79 Å². The second-order valence-electron chi connectivity index (χ2n) is 6.74. The first-order valence-electron chi connectivity index (χ1n) is 7.18. The molecule has 4 nitrogen and oxygen atoms in total. The SMILES string of the molecule is CC(C)N1C(=O)N(c2ccccc2Cl)[C@](C)(O)CC1(C)C. The third-order valence-electron chi connectivity index (χ3n) is 3.91. The fourth-order valence-electron chi connectivity index (χ4n) is 3.47. The minimum atomic E-state index is -1.28. The van der Waals surface area contributed by atoms with Crippen LogP contribution in [0.15, 0.2) is 24.3 Å². The molecule has 2 amide bonds. The molecule has 21 heavy (non-hydrogen) atoms. The van der Waals surface area contributed by atoms with Crippen LogP contribution in [0.25, 0.3) is 0 Å². The van der Waals surface area contributed by atoms with E-state index in [1.807, 2.05) is 33.8 Å². The Labute approximate surface area is 131 Å². The largest absolute Gasteiger partial charge is 0.371 e. The van der Waals surface area contributed by atoms with Gasteiger partial charge in [0.25, 0.3) is 0 Å². The van der Waals surface area contributed by atoms with Crippen molar-refractivity contribution in [3.63, 3.8) is 0 Å². The van der Waals surface area contributed by atoms with Crippen molar-refractivity contribution < 1.29 is 9.90 Å². The van der Waals surface area contributed by atoms with Crippen molar-refractivity contribution in [3.05, 3.63) is 29.3 Å². The van der Waals surface area contributed by atoms with E-state index >= 15 is 0 Å². The summed E-state index contributed by atoms with van der Waals surface area (Å²) in [5.41, 5.74) is -1.17. The van der Waals surface area contributed by atoms with E-state index in [9.17, 15) is 9.90 Å². The van der Waals surface area contributed by atoms with Crippen molar-refractivity contribution in [1.82, 2.24) is 4.90 Å². The van der Waals surface area contributed by atoms with Crippen molar-refractivity contribution in [1.29, 1.82) is 0 Å². The monoisotopic (exact) mass is 310 g/mol. The number of hydrogen-bond acceptors (Lipinski definition) is 2. The summed E-state index contributed by atoms with van der Waals surface area (Å²) in [4.78, 5) is 16.2. The van der Waals surface area contributed by atoms with Gasteiger partial charge in [-0.15, -0.1) is 0 Å². The highest BCUT2D eigenvalue weighted by atomic mass is 35.5. The second kappa shape index (κ2) is 5.18. The summed E-state index contributed by atoms with van der Waals surface area (Å²) in [5, 5.41) is 11.3. The number of aliphatic hydroxyl groups is 1. The summed E-state index contributed by atoms with van der Waals surface area (Å²) < 4.78 is 0. The van der Waals surface area contributed by atoms with Crippen molar-refractivity contribution in [2.45, 2.75) is 58.3 Å². The predicted molar refractivity (Wildman–Crippen MR) is 85.6 cm³/mol. The quantitative estimate of drug-likeness (QED) is 0.901. The molecule has 5 heteroatoms. The molecule has 1 aliphatic rings. The van der Waals surface area contributed by atoms with Gasteiger partial charge in [-0.1, -0.05) is 23.7 Å². The van der Waals surface area contributed by atoms with Crippen LogP contribution in [0.5, 0.6) is 0 Å². The van der Waals surface area contributed by atoms with Crippen molar-refractivity contribution in [2.24, 2.45) is 0 Å². The Kier molecular flexibility index (Phi) is 3.98. The van der Waals surface area contributed by atoms with Gasteiger partial charge in [0.1, 0.15) is 5.72 Å². The molecule has 0 aliphatic carbocycles. The minimum absolute atomic E-state index is 0.0357. The lowest BCUT2D eigenvalue weighted by Gasteiger charge is -2.55. The maximum absolute atomic E-state index is 13.0. The Bertz CT molecular complexity index is 555. The Balaban J connectivity index is 2.55. The smallest absolute Gasteiger partial charge is 0.327 e. The molecule has 0 unspecified atom stereocenters. The number of anilines is 1. The summed E-state index contributed by atoms with van der Waals surface area (Å²) in [6.45, 7) is 9.56. The zero-order valence-electron chi connectivity index (χ0n) is 13.2. The van der Waals surface area contributed by atoms with E-state index < -0.39 is 11.3 Å². The summed E-state index contributed by atoms with van der Waals surface area (Å²) in [5.74, 6) is 0. The average Bonchev–Trinajstić information content (AvgIpc) is 2.27. The molecule has 1 N–H and O–H groups in total. The molecular weight excluding hydrogens is 288 g/mol. The van der Waals surface area contributed by atoms with Crippen LogP contribution in [0.4, 0.5) is 10.5 Å². The fourth-order valence-corrected chi connectivity index (χ4v) is 3.69. The number of nitrogens with zero attached hydrogens (tertiary/aromatic N) is 2. The van der Waals surface area contributed by atoms with Gasteiger partial charge in [0.15, 0.2) is 0 Å². The molecule has 1 aromatic carbocycles. The molecule has 2 rings (SSSR count). The van der Waals surface area contributed by atoms with Gasteiger partial charge in [-0.3, -0.25) is 4.90 Å². The van der Waals surface area contributed by atoms with Gasteiger partial charge in [0, 0.05) is 18.0 Å². The van der Waals surface area contributed by atoms with E-state index in [2.05, 4.69) is 0 Å². The first-order valence-corrected chi connectivity index (χ1v) is 7.56. The van der Waals surface area contributed by atoms with Crippen LogP contribution in [0, 0.1) is 0 Å². The maximum atomic E-state index is 13.0.